The Bertz CT molecular complexity index is 526. The molecule has 0 amide bonds. The molecule has 106 valence electrons. The van der Waals surface area contributed by atoms with Gasteiger partial charge in [0.05, 0.1) is 5.56 Å². The third-order valence-electron chi connectivity index (χ3n) is 2.96. The summed E-state index contributed by atoms with van der Waals surface area (Å²) in [5.74, 6) is -0.886. The van der Waals surface area contributed by atoms with Crippen LogP contribution in [0.3, 0.4) is 0 Å². The summed E-state index contributed by atoms with van der Waals surface area (Å²) in [5, 5.41) is 12.2. The molecular weight excluding hydrogens is 274 g/mol. The largest absolute Gasteiger partial charge is 0.478 e. The molecule has 0 unspecified atom stereocenters. The number of hydrogen-bond donors (Lipinski definition) is 2. The van der Waals surface area contributed by atoms with E-state index in [1.165, 1.54) is 5.56 Å². The zero-order valence-corrected chi connectivity index (χ0v) is 11.9. The van der Waals surface area contributed by atoms with Gasteiger partial charge in [-0.15, -0.1) is 12.4 Å². The predicted octanol–water partition coefficient (Wildman–Crippen LogP) is 3.14. The second-order valence-corrected chi connectivity index (χ2v) is 4.41. The Kier molecular flexibility index (Phi) is 6.77. The van der Waals surface area contributed by atoms with Crippen LogP contribution in [0, 0.1) is 0 Å². The van der Waals surface area contributed by atoms with Gasteiger partial charge in [-0.25, -0.2) is 4.79 Å². The fourth-order valence-electron chi connectivity index (χ4n) is 1.88. The number of hydrogen-bond acceptors (Lipinski definition) is 2. The lowest BCUT2D eigenvalue weighted by Gasteiger charge is -2.05. The first-order chi connectivity index (χ1) is 9.25. The van der Waals surface area contributed by atoms with Gasteiger partial charge >= 0.3 is 5.97 Å². The molecule has 0 saturated carbocycles. The highest BCUT2D eigenvalue weighted by Gasteiger charge is 2.01. The van der Waals surface area contributed by atoms with Gasteiger partial charge in [0.15, 0.2) is 0 Å². The van der Waals surface area contributed by atoms with E-state index in [4.69, 9.17) is 5.11 Å². The number of aromatic carboxylic acids is 1. The highest BCUT2D eigenvalue weighted by molar-refractivity contribution is 5.87. The van der Waals surface area contributed by atoms with Gasteiger partial charge in [-0.3, -0.25) is 0 Å². The average molecular weight is 292 g/mol. The van der Waals surface area contributed by atoms with Crippen LogP contribution in [-0.4, -0.2) is 17.6 Å². The molecule has 0 aliphatic carbocycles. The maximum atomic E-state index is 10.7. The predicted molar refractivity (Wildman–Crippen MR) is 82.5 cm³/mol. The van der Waals surface area contributed by atoms with Crippen molar-refractivity contribution in [3.63, 3.8) is 0 Å². The third-order valence-corrected chi connectivity index (χ3v) is 2.96. The van der Waals surface area contributed by atoms with Crippen LogP contribution in [0.1, 0.15) is 21.5 Å². The summed E-state index contributed by atoms with van der Waals surface area (Å²) in [6.45, 7) is 1.66. The zero-order chi connectivity index (χ0) is 13.5. The molecule has 0 saturated heterocycles. The summed E-state index contributed by atoms with van der Waals surface area (Å²) < 4.78 is 0. The van der Waals surface area contributed by atoms with Gasteiger partial charge in [0.2, 0.25) is 0 Å². The quantitative estimate of drug-likeness (QED) is 0.804. The fourth-order valence-corrected chi connectivity index (χ4v) is 1.88. The van der Waals surface area contributed by atoms with Crippen molar-refractivity contribution in [3.8, 4) is 0 Å². The SMILES string of the molecule is Cl.O=C(O)c1ccc(CNCCc2ccccc2)cc1. The van der Waals surface area contributed by atoms with Crippen molar-refractivity contribution < 1.29 is 9.90 Å². The van der Waals surface area contributed by atoms with E-state index in [9.17, 15) is 4.79 Å². The van der Waals surface area contributed by atoms with Gasteiger partial charge in [-0.2, -0.15) is 0 Å². The second kappa shape index (κ2) is 8.35. The van der Waals surface area contributed by atoms with Gasteiger partial charge in [0, 0.05) is 6.54 Å². The normalized spacial score (nSPS) is 9.80. The molecule has 0 radical (unpaired) electrons. The number of rotatable bonds is 6. The van der Waals surface area contributed by atoms with E-state index in [2.05, 4.69) is 17.4 Å². The van der Waals surface area contributed by atoms with Crippen LogP contribution in [0.2, 0.25) is 0 Å². The summed E-state index contributed by atoms with van der Waals surface area (Å²) in [4.78, 5) is 10.7. The first kappa shape index (κ1) is 16.2. The van der Waals surface area contributed by atoms with E-state index in [1.54, 1.807) is 12.1 Å². The van der Waals surface area contributed by atoms with E-state index in [1.807, 2.05) is 30.3 Å². The van der Waals surface area contributed by atoms with Crippen molar-refractivity contribution in [1.29, 1.82) is 0 Å². The van der Waals surface area contributed by atoms with Crippen molar-refractivity contribution in [1.82, 2.24) is 5.32 Å². The lowest BCUT2D eigenvalue weighted by atomic mass is 10.1. The molecule has 2 N–H and O–H groups in total. The standard InChI is InChI=1S/C16H17NO2.ClH/c18-16(19)15-8-6-14(7-9-15)12-17-11-10-13-4-2-1-3-5-13;/h1-9,17H,10-12H2,(H,18,19);1H. The van der Waals surface area contributed by atoms with E-state index >= 15 is 0 Å². The smallest absolute Gasteiger partial charge is 0.335 e. The van der Waals surface area contributed by atoms with Crippen molar-refractivity contribution in [2.24, 2.45) is 0 Å². The summed E-state index contributed by atoms with van der Waals surface area (Å²) in [6, 6.07) is 17.3. The van der Waals surface area contributed by atoms with Crippen molar-refractivity contribution in [3.05, 3.63) is 71.3 Å². The Morgan fingerprint density at radius 1 is 0.950 bits per heavy atom. The Balaban J connectivity index is 0.00000200. The number of carboxylic acids is 1. The number of nitrogens with one attached hydrogen (secondary N) is 1. The topological polar surface area (TPSA) is 49.3 Å². The fraction of sp³-hybridized carbons (Fsp3) is 0.188. The van der Waals surface area contributed by atoms with Gasteiger partial charge in [0.25, 0.3) is 0 Å². The third kappa shape index (κ3) is 5.03. The number of carboxylic acid groups (broad SMARTS) is 1. The Morgan fingerprint density at radius 3 is 2.20 bits per heavy atom. The molecule has 0 aromatic heterocycles. The van der Waals surface area contributed by atoms with E-state index in [-0.39, 0.29) is 12.4 Å². The van der Waals surface area contributed by atoms with E-state index < -0.39 is 5.97 Å². The molecule has 2 aromatic carbocycles. The van der Waals surface area contributed by atoms with Gasteiger partial charge in [0.1, 0.15) is 0 Å². The zero-order valence-electron chi connectivity index (χ0n) is 11.1. The summed E-state index contributed by atoms with van der Waals surface area (Å²) in [6.07, 6.45) is 0.994. The molecule has 0 spiro atoms. The molecule has 0 heterocycles. The Labute approximate surface area is 125 Å². The number of carbonyl (C=O) groups is 1. The molecule has 0 bridgehead atoms. The molecule has 2 rings (SSSR count). The molecule has 4 heteroatoms. The second-order valence-electron chi connectivity index (χ2n) is 4.41. The van der Waals surface area contributed by atoms with Crippen molar-refractivity contribution in [2.75, 3.05) is 6.54 Å². The lowest BCUT2D eigenvalue weighted by molar-refractivity contribution is 0.0697. The first-order valence-corrected chi connectivity index (χ1v) is 6.32. The highest BCUT2D eigenvalue weighted by atomic mass is 35.5. The lowest BCUT2D eigenvalue weighted by Crippen LogP contribution is -2.16. The maximum Gasteiger partial charge on any atom is 0.335 e. The molecule has 20 heavy (non-hydrogen) atoms. The summed E-state index contributed by atoms with van der Waals surface area (Å²) >= 11 is 0. The number of benzene rings is 2. The molecule has 3 nitrogen and oxygen atoms in total. The van der Waals surface area contributed by atoms with Crippen molar-refractivity contribution >= 4 is 18.4 Å². The monoisotopic (exact) mass is 291 g/mol. The van der Waals surface area contributed by atoms with Crippen LogP contribution in [0.15, 0.2) is 54.6 Å². The molecule has 2 aromatic rings. The van der Waals surface area contributed by atoms with Crippen LogP contribution in [0.4, 0.5) is 0 Å². The number of halogens is 1. The van der Waals surface area contributed by atoms with Crippen LogP contribution in [-0.2, 0) is 13.0 Å². The van der Waals surface area contributed by atoms with Crippen LogP contribution < -0.4 is 5.32 Å². The maximum absolute atomic E-state index is 10.7. The van der Waals surface area contributed by atoms with Crippen LogP contribution in [0.5, 0.6) is 0 Å². The average Bonchev–Trinajstić information content (AvgIpc) is 2.45. The van der Waals surface area contributed by atoms with Gasteiger partial charge in [-0.1, -0.05) is 42.5 Å². The molecule has 0 aliphatic rings. The van der Waals surface area contributed by atoms with Gasteiger partial charge < -0.3 is 10.4 Å². The molecule has 0 aliphatic heterocycles. The molecule has 0 atom stereocenters. The first-order valence-electron chi connectivity index (χ1n) is 6.32. The summed E-state index contributed by atoms with van der Waals surface area (Å²) in [5.41, 5.74) is 2.74. The minimum atomic E-state index is -0.886. The molecular formula is C16H18ClNO2. The highest BCUT2D eigenvalue weighted by Crippen LogP contribution is 2.04. The Hall–Kier alpha value is -1.84. The summed E-state index contributed by atoms with van der Waals surface area (Å²) in [7, 11) is 0. The minimum Gasteiger partial charge on any atom is -0.478 e. The minimum absolute atomic E-state index is 0. The van der Waals surface area contributed by atoms with Crippen LogP contribution >= 0.6 is 12.4 Å². The van der Waals surface area contributed by atoms with Crippen molar-refractivity contribution in [2.45, 2.75) is 13.0 Å². The van der Waals surface area contributed by atoms with E-state index in [0.29, 0.717) is 5.56 Å². The Morgan fingerprint density at radius 2 is 1.60 bits per heavy atom. The van der Waals surface area contributed by atoms with Crippen LogP contribution in [0.25, 0.3) is 0 Å². The molecule has 0 fully saturated rings. The van der Waals surface area contributed by atoms with E-state index in [0.717, 1.165) is 25.1 Å². The van der Waals surface area contributed by atoms with Gasteiger partial charge in [-0.05, 0) is 36.2 Å².